The number of ketones is 1. The molecule has 0 saturated carbocycles. The minimum Gasteiger partial charge on any atom is -0.322 e. The van der Waals surface area contributed by atoms with Crippen LogP contribution in [0.2, 0.25) is 0 Å². The van der Waals surface area contributed by atoms with Crippen molar-refractivity contribution >= 4 is 5.78 Å². The minimum absolute atomic E-state index is 0.171. The highest BCUT2D eigenvalue weighted by Crippen LogP contribution is 2.37. The van der Waals surface area contributed by atoms with Crippen molar-refractivity contribution in [1.82, 2.24) is 0 Å². The molecule has 2 unspecified atom stereocenters. The molecule has 0 saturated heterocycles. The fourth-order valence-corrected chi connectivity index (χ4v) is 1.97. The molecule has 1 aromatic rings. The molecular weight excluding hydrogens is 174 g/mol. The SMILES string of the molecule is CC(N)C(=O)CC1Cc2ccccc21. The second kappa shape index (κ2) is 3.54. The summed E-state index contributed by atoms with van der Waals surface area (Å²) >= 11 is 0. The van der Waals surface area contributed by atoms with Crippen LogP contribution < -0.4 is 5.73 Å². The third kappa shape index (κ3) is 1.58. The van der Waals surface area contributed by atoms with Gasteiger partial charge in [0, 0.05) is 6.42 Å². The van der Waals surface area contributed by atoms with E-state index in [1.165, 1.54) is 11.1 Å². The summed E-state index contributed by atoms with van der Waals surface area (Å²) in [6.07, 6.45) is 1.64. The molecule has 1 aliphatic carbocycles. The van der Waals surface area contributed by atoms with E-state index in [1.54, 1.807) is 6.92 Å². The summed E-state index contributed by atoms with van der Waals surface area (Å²) in [5.74, 6) is 0.592. The Morgan fingerprint density at radius 3 is 2.93 bits per heavy atom. The predicted molar refractivity (Wildman–Crippen MR) is 56.2 cm³/mol. The molecule has 2 heteroatoms. The van der Waals surface area contributed by atoms with Crippen LogP contribution in [-0.2, 0) is 11.2 Å². The topological polar surface area (TPSA) is 43.1 Å². The number of nitrogens with two attached hydrogens (primary N) is 1. The molecule has 0 fully saturated rings. The summed E-state index contributed by atoms with van der Waals surface area (Å²) in [4.78, 5) is 11.4. The molecule has 74 valence electrons. The van der Waals surface area contributed by atoms with Gasteiger partial charge in [-0.15, -0.1) is 0 Å². The summed E-state index contributed by atoms with van der Waals surface area (Å²) in [6.45, 7) is 1.76. The maximum absolute atomic E-state index is 11.4. The van der Waals surface area contributed by atoms with Crippen molar-refractivity contribution in [3.8, 4) is 0 Å². The first-order chi connectivity index (χ1) is 6.68. The monoisotopic (exact) mass is 189 g/mol. The molecule has 0 aromatic heterocycles. The average molecular weight is 189 g/mol. The largest absolute Gasteiger partial charge is 0.322 e. The standard InChI is InChI=1S/C12H15NO/c1-8(13)12(14)7-10-6-9-4-2-3-5-11(9)10/h2-5,8,10H,6-7,13H2,1H3. The van der Waals surface area contributed by atoms with Crippen LogP contribution >= 0.6 is 0 Å². The maximum Gasteiger partial charge on any atom is 0.149 e. The zero-order valence-electron chi connectivity index (χ0n) is 8.36. The predicted octanol–water partition coefficient (Wildman–Crippen LogP) is 1.63. The Morgan fingerprint density at radius 1 is 1.57 bits per heavy atom. The van der Waals surface area contributed by atoms with Crippen molar-refractivity contribution in [2.75, 3.05) is 0 Å². The fourth-order valence-electron chi connectivity index (χ4n) is 1.97. The lowest BCUT2D eigenvalue weighted by Gasteiger charge is -2.29. The molecule has 2 N–H and O–H groups in total. The van der Waals surface area contributed by atoms with E-state index in [2.05, 4.69) is 12.1 Å². The van der Waals surface area contributed by atoms with Crippen molar-refractivity contribution in [3.05, 3.63) is 35.4 Å². The first kappa shape index (κ1) is 9.41. The van der Waals surface area contributed by atoms with Crippen LogP contribution in [0.4, 0.5) is 0 Å². The molecule has 0 spiro atoms. The molecule has 2 atom stereocenters. The Balaban J connectivity index is 2.03. The van der Waals surface area contributed by atoms with Gasteiger partial charge in [-0.3, -0.25) is 4.79 Å². The number of hydrogen-bond acceptors (Lipinski definition) is 2. The average Bonchev–Trinajstić information content (AvgIpc) is 2.13. The van der Waals surface area contributed by atoms with Gasteiger partial charge in [0.1, 0.15) is 5.78 Å². The van der Waals surface area contributed by atoms with Gasteiger partial charge in [-0.25, -0.2) is 0 Å². The molecule has 14 heavy (non-hydrogen) atoms. The number of rotatable bonds is 3. The van der Waals surface area contributed by atoms with Gasteiger partial charge in [0.2, 0.25) is 0 Å². The first-order valence-corrected chi connectivity index (χ1v) is 5.04. The molecule has 2 nitrogen and oxygen atoms in total. The zero-order chi connectivity index (χ0) is 10.1. The number of Topliss-reactive ketones (excluding diaryl/α,β-unsaturated/α-hetero) is 1. The van der Waals surface area contributed by atoms with E-state index in [0.29, 0.717) is 12.3 Å². The fraction of sp³-hybridized carbons (Fsp3) is 0.417. The van der Waals surface area contributed by atoms with E-state index in [4.69, 9.17) is 5.73 Å². The molecule has 0 radical (unpaired) electrons. The van der Waals surface area contributed by atoms with Crippen LogP contribution in [0.15, 0.2) is 24.3 Å². The van der Waals surface area contributed by atoms with Gasteiger partial charge in [-0.05, 0) is 30.4 Å². The second-order valence-corrected chi connectivity index (χ2v) is 4.06. The molecule has 0 bridgehead atoms. The Labute approximate surface area is 84.1 Å². The number of benzene rings is 1. The number of carbonyl (C=O) groups is 1. The van der Waals surface area contributed by atoms with Crippen LogP contribution in [0.25, 0.3) is 0 Å². The maximum atomic E-state index is 11.4. The van der Waals surface area contributed by atoms with Crippen LogP contribution in [0.3, 0.4) is 0 Å². The van der Waals surface area contributed by atoms with Crippen LogP contribution in [-0.4, -0.2) is 11.8 Å². The Bertz CT molecular complexity index is 357. The highest BCUT2D eigenvalue weighted by molar-refractivity contribution is 5.84. The van der Waals surface area contributed by atoms with Crippen molar-refractivity contribution in [3.63, 3.8) is 0 Å². The van der Waals surface area contributed by atoms with E-state index in [-0.39, 0.29) is 11.8 Å². The number of hydrogen-bond donors (Lipinski definition) is 1. The second-order valence-electron chi connectivity index (χ2n) is 4.06. The number of fused-ring (bicyclic) bond motifs is 1. The van der Waals surface area contributed by atoms with E-state index in [9.17, 15) is 4.79 Å². The third-order valence-corrected chi connectivity index (χ3v) is 2.92. The minimum atomic E-state index is -0.317. The first-order valence-electron chi connectivity index (χ1n) is 5.04. The van der Waals surface area contributed by atoms with E-state index >= 15 is 0 Å². The Morgan fingerprint density at radius 2 is 2.29 bits per heavy atom. The van der Waals surface area contributed by atoms with Gasteiger partial charge in [-0.2, -0.15) is 0 Å². The van der Waals surface area contributed by atoms with Gasteiger partial charge in [0.15, 0.2) is 0 Å². The summed E-state index contributed by atoms with van der Waals surface area (Å²) in [7, 11) is 0. The summed E-state index contributed by atoms with van der Waals surface area (Å²) < 4.78 is 0. The smallest absolute Gasteiger partial charge is 0.149 e. The Hall–Kier alpha value is -1.15. The highest BCUT2D eigenvalue weighted by Gasteiger charge is 2.27. The number of carbonyl (C=O) groups excluding carboxylic acids is 1. The van der Waals surface area contributed by atoms with Crippen LogP contribution in [0.1, 0.15) is 30.4 Å². The van der Waals surface area contributed by atoms with Gasteiger partial charge in [0.25, 0.3) is 0 Å². The normalized spacial score (nSPS) is 20.9. The molecule has 0 heterocycles. The summed E-state index contributed by atoms with van der Waals surface area (Å²) in [6, 6.07) is 7.99. The molecule has 1 aromatic carbocycles. The van der Waals surface area contributed by atoms with Crippen molar-refractivity contribution in [1.29, 1.82) is 0 Å². The van der Waals surface area contributed by atoms with Gasteiger partial charge >= 0.3 is 0 Å². The van der Waals surface area contributed by atoms with Crippen LogP contribution in [0, 0.1) is 0 Å². The quantitative estimate of drug-likeness (QED) is 0.785. The third-order valence-electron chi connectivity index (χ3n) is 2.92. The molecular formula is C12H15NO. The van der Waals surface area contributed by atoms with Gasteiger partial charge in [0.05, 0.1) is 6.04 Å². The van der Waals surface area contributed by atoms with E-state index in [1.807, 2.05) is 12.1 Å². The molecule has 0 aliphatic heterocycles. The molecule has 0 amide bonds. The van der Waals surface area contributed by atoms with Crippen molar-refractivity contribution < 1.29 is 4.79 Å². The van der Waals surface area contributed by atoms with Crippen molar-refractivity contribution in [2.24, 2.45) is 5.73 Å². The zero-order valence-corrected chi connectivity index (χ0v) is 8.36. The molecule has 1 aliphatic rings. The molecule has 2 rings (SSSR count). The Kier molecular flexibility index (Phi) is 2.38. The van der Waals surface area contributed by atoms with E-state index in [0.717, 1.165) is 6.42 Å². The van der Waals surface area contributed by atoms with Crippen LogP contribution in [0.5, 0.6) is 0 Å². The van der Waals surface area contributed by atoms with E-state index < -0.39 is 0 Å². The lowest BCUT2D eigenvalue weighted by atomic mass is 9.74. The van der Waals surface area contributed by atoms with Gasteiger partial charge < -0.3 is 5.73 Å². The highest BCUT2D eigenvalue weighted by atomic mass is 16.1. The van der Waals surface area contributed by atoms with Gasteiger partial charge in [-0.1, -0.05) is 24.3 Å². The lowest BCUT2D eigenvalue weighted by molar-refractivity contribution is -0.120. The lowest BCUT2D eigenvalue weighted by Crippen LogP contribution is -2.30. The summed E-state index contributed by atoms with van der Waals surface area (Å²) in [5, 5.41) is 0. The summed E-state index contributed by atoms with van der Waals surface area (Å²) in [5.41, 5.74) is 8.25. The van der Waals surface area contributed by atoms with Crippen molar-refractivity contribution in [2.45, 2.75) is 31.7 Å².